The molecule has 1 heterocycles. The number of aryl methyl sites for hydroxylation is 1. The number of hydrogen-bond donors (Lipinski definition) is 0. The first-order valence-electron chi connectivity index (χ1n) is 6.97. The Balaban J connectivity index is 1.75. The average Bonchev–Trinajstić information content (AvgIpc) is 2.89. The zero-order chi connectivity index (χ0) is 15.5. The number of aromatic nitrogens is 3. The third-order valence-corrected chi connectivity index (χ3v) is 5.05. The lowest BCUT2D eigenvalue weighted by Crippen LogP contribution is -1.95. The number of benzene rings is 2. The van der Waals surface area contributed by atoms with Crippen LogP contribution in [0.5, 0.6) is 0 Å². The first-order chi connectivity index (χ1) is 10.6. The van der Waals surface area contributed by atoms with Gasteiger partial charge >= 0.3 is 0 Å². The molecule has 5 heteroatoms. The summed E-state index contributed by atoms with van der Waals surface area (Å²) in [6.07, 6.45) is 0. The SMILES string of the molecule is Cc1ccc(CSc2nnc(-c3ccc(Br)cc3)n2C)cc1. The normalized spacial score (nSPS) is 10.9. The lowest BCUT2D eigenvalue weighted by molar-refractivity contribution is 0.794. The Kier molecular flexibility index (Phi) is 4.64. The molecule has 0 N–H and O–H groups in total. The smallest absolute Gasteiger partial charge is 0.191 e. The van der Waals surface area contributed by atoms with Gasteiger partial charge in [0.25, 0.3) is 0 Å². The van der Waals surface area contributed by atoms with E-state index in [4.69, 9.17) is 0 Å². The number of thioether (sulfide) groups is 1. The van der Waals surface area contributed by atoms with Gasteiger partial charge in [-0.3, -0.25) is 0 Å². The summed E-state index contributed by atoms with van der Waals surface area (Å²) in [4.78, 5) is 0. The molecule has 0 spiro atoms. The van der Waals surface area contributed by atoms with Crippen molar-refractivity contribution in [3.05, 3.63) is 64.1 Å². The Bertz CT molecular complexity index is 764. The fourth-order valence-corrected chi connectivity index (χ4v) is 3.25. The van der Waals surface area contributed by atoms with Crippen molar-refractivity contribution < 1.29 is 0 Å². The first-order valence-corrected chi connectivity index (χ1v) is 8.75. The first kappa shape index (κ1) is 15.3. The van der Waals surface area contributed by atoms with Crippen molar-refractivity contribution in [1.82, 2.24) is 14.8 Å². The van der Waals surface area contributed by atoms with E-state index >= 15 is 0 Å². The Hall–Kier alpha value is -1.59. The highest BCUT2D eigenvalue weighted by atomic mass is 79.9. The van der Waals surface area contributed by atoms with Gasteiger partial charge < -0.3 is 4.57 Å². The molecule has 2 aromatic carbocycles. The van der Waals surface area contributed by atoms with Gasteiger partial charge in [-0.1, -0.05) is 69.7 Å². The minimum atomic E-state index is 0.888. The highest BCUT2D eigenvalue weighted by Gasteiger charge is 2.11. The summed E-state index contributed by atoms with van der Waals surface area (Å²) in [6, 6.07) is 16.7. The Morgan fingerprint density at radius 1 is 1.00 bits per heavy atom. The number of halogens is 1. The second kappa shape index (κ2) is 6.67. The van der Waals surface area contributed by atoms with Crippen molar-refractivity contribution in [2.24, 2.45) is 7.05 Å². The van der Waals surface area contributed by atoms with Gasteiger partial charge in [-0.15, -0.1) is 10.2 Å². The van der Waals surface area contributed by atoms with Crippen LogP contribution in [0.15, 0.2) is 58.2 Å². The summed E-state index contributed by atoms with van der Waals surface area (Å²) in [5, 5.41) is 9.56. The van der Waals surface area contributed by atoms with Crippen LogP contribution in [0.25, 0.3) is 11.4 Å². The largest absolute Gasteiger partial charge is 0.305 e. The molecule has 0 aliphatic heterocycles. The molecule has 0 atom stereocenters. The second-order valence-electron chi connectivity index (χ2n) is 5.15. The highest BCUT2D eigenvalue weighted by Crippen LogP contribution is 2.26. The number of hydrogen-bond acceptors (Lipinski definition) is 3. The van der Waals surface area contributed by atoms with Crippen LogP contribution in [0.3, 0.4) is 0 Å². The topological polar surface area (TPSA) is 30.7 Å². The summed E-state index contributed by atoms with van der Waals surface area (Å²) in [5.74, 6) is 1.78. The van der Waals surface area contributed by atoms with Gasteiger partial charge in [0.2, 0.25) is 0 Å². The molecular formula is C17H16BrN3S. The molecule has 0 radical (unpaired) electrons. The van der Waals surface area contributed by atoms with Crippen molar-refractivity contribution in [2.45, 2.75) is 17.8 Å². The minimum Gasteiger partial charge on any atom is -0.305 e. The Labute approximate surface area is 142 Å². The van der Waals surface area contributed by atoms with E-state index < -0.39 is 0 Å². The van der Waals surface area contributed by atoms with Crippen LogP contribution in [0.1, 0.15) is 11.1 Å². The Morgan fingerprint density at radius 3 is 2.36 bits per heavy atom. The van der Waals surface area contributed by atoms with Gasteiger partial charge in [-0.05, 0) is 24.6 Å². The maximum absolute atomic E-state index is 4.32. The molecule has 0 bridgehead atoms. The molecule has 0 aliphatic rings. The maximum Gasteiger partial charge on any atom is 0.191 e. The molecule has 0 fully saturated rings. The fourth-order valence-electron chi connectivity index (χ4n) is 2.12. The van der Waals surface area contributed by atoms with Gasteiger partial charge in [-0.25, -0.2) is 0 Å². The monoisotopic (exact) mass is 373 g/mol. The van der Waals surface area contributed by atoms with Crippen molar-refractivity contribution in [3.63, 3.8) is 0 Å². The molecule has 0 amide bonds. The van der Waals surface area contributed by atoms with E-state index in [9.17, 15) is 0 Å². The van der Waals surface area contributed by atoms with E-state index in [-0.39, 0.29) is 0 Å². The average molecular weight is 374 g/mol. The van der Waals surface area contributed by atoms with Crippen LogP contribution in [-0.4, -0.2) is 14.8 Å². The van der Waals surface area contributed by atoms with Crippen molar-refractivity contribution in [1.29, 1.82) is 0 Å². The fraction of sp³-hybridized carbons (Fsp3) is 0.176. The van der Waals surface area contributed by atoms with Crippen LogP contribution in [0.4, 0.5) is 0 Å². The number of rotatable bonds is 4. The predicted octanol–water partition coefficient (Wildman–Crippen LogP) is 4.85. The van der Waals surface area contributed by atoms with Gasteiger partial charge in [0.05, 0.1) is 0 Å². The Morgan fingerprint density at radius 2 is 1.68 bits per heavy atom. The third kappa shape index (κ3) is 3.42. The maximum atomic E-state index is 4.32. The van der Waals surface area contributed by atoms with Crippen molar-refractivity contribution in [3.8, 4) is 11.4 Å². The summed E-state index contributed by atoms with van der Waals surface area (Å²) in [6.45, 7) is 2.10. The molecule has 3 rings (SSSR count). The van der Waals surface area contributed by atoms with Gasteiger partial charge in [0.15, 0.2) is 11.0 Å². The summed E-state index contributed by atoms with van der Waals surface area (Å²) in [7, 11) is 2.01. The summed E-state index contributed by atoms with van der Waals surface area (Å²) < 4.78 is 3.11. The summed E-state index contributed by atoms with van der Waals surface area (Å²) in [5.41, 5.74) is 3.65. The molecule has 0 saturated carbocycles. The molecule has 0 unspecified atom stereocenters. The van der Waals surface area contributed by atoms with Gasteiger partial charge in [-0.2, -0.15) is 0 Å². The van der Waals surface area contributed by atoms with E-state index in [0.29, 0.717) is 0 Å². The van der Waals surface area contributed by atoms with Gasteiger partial charge in [0.1, 0.15) is 0 Å². The minimum absolute atomic E-state index is 0.888. The third-order valence-electron chi connectivity index (χ3n) is 3.43. The van der Waals surface area contributed by atoms with Crippen LogP contribution in [0, 0.1) is 6.92 Å². The quantitative estimate of drug-likeness (QED) is 0.612. The lowest BCUT2D eigenvalue weighted by Gasteiger charge is -2.04. The standard InChI is InChI=1S/C17H16BrN3S/c1-12-3-5-13(6-4-12)11-22-17-20-19-16(21(17)2)14-7-9-15(18)10-8-14/h3-10H,11H2,1-2H3. The van der Waals surface area contributed by atoms with Crippen molar-refractivity contribution >= 4 is 27.7 Å². The van der Waals surface area contributed by atoms with Crippen LogP contribution in [-0.2, 0) is 12.8 Å². The molecule has 0 aliphatic carbocycles. The van der Waals surface area contributed by atoms with E-state index in [2.05, 4.69) is 57.3 Å². The lowest BCUT2D eigenvalue weighted by atomic mass is 10.2. The zero-order valence-electron chi connectivity index (χ0n) is 12.5. The van der Waals surface area contributed by atoms with E-state index in [0.717, 1.165) is 26.8 Å². The number of nitrogens with zero attached hydrogens (tertiary/aromatic N) is 3. The predicted molar refractivity (Wildman–Crippen MR) is 94.9 cm³/mol. The molecule has 3 nitrogen and oxygen atoms in total. The highest BCUT2D eigenvalue weighted by molar-refractivity contribution is 9.10. The second-order valence-corrected chi connectivity index (χ2v) is 7.00. The summed E-state index contributed by atoms with van der Waals surface area (Å²) >= 11 is 5.16. The van der Waals surface area contributed by atoms with Crippen LogP contribution >= 0.6 is 27.7 Å². The molecule has 1 aromatic heterocycles. The molecule has 3 aromatic rings. The molecule has 0 saturated heterocycles. The van der Waals surface area contributed by atoms with Crippen molar-refractivity contribution in [2.75, 3.05) is 0 Å². The van der Waals surface area contributed by atoms with E-state index in [1.807, 2.05) is 35.9 Å². The van der Waals surface area contributed by atoms with Gasteiger partial charge in [0, 0.05) is 22.8 Å². The van der Waals surface area contributed by atoms with E-state index in [1.54, 1.807) is 11.8 Å². The zero-order valence-corrected chi connectivity index (χ0v) is 14.9. The van der Waals surface area contributed by atoms with E-state index in [1.165, 1.54) is 11.1 Å². The molecule has 112 valence electrons. The molecular weight excluding hydrogens is 358 g/mol. The van der Waals surface area contributed by atoms with Crippen LogP contribution in [0.2, 0.25) is 0 Å². The molecule has 22 heavy (non-hydrogen) atoms. The van der Waals surface area contributed by atoms with Crippen LogP contribution < -0.4 is 0 Å².